The molecule has 0 amide bonds. The van der Waals surface area contributed by atoms with Gasteiger partial charge < -0.3 is 0 Å². The van der Waals surface area contributed by atoms with E-state index in [2.05, 4.69) is 42.0 Å². The monoisotopic (exact) mass is 277 g/mol. The third-order valence-electron chi connectivity index (χ3n) is 4.15. The zero-order valence-corrected chi connectivity index (χ0v) is 13.6. The van der Waals surface area contributed by atoms with Crippen LogP contribution in [0.25, 0.3) is 6.20 Å². The minimum Gasteiger partial charge on any atom is -0.234 e. The minimum absolute atomic E-state index is 1.14. The second kappa shape index (κ2) is 10.7. The summed E-state index contributed by atoms with van der Waals surface area (Å²) in [6.45, 7) is 9.39. The van der Waals surface area contributed by atoms with Gasteiger partial charge in [0.2, 0.25) is 0 Å². The Morgan fingerprint density at radius 1 is 1.00 bits per heavy atom. The molecule has 1 aromatic rings. The zero-order valence-electron chi connectivity index (χ0n) is 13.6. The maximum absolute atomic E-state index is 3.81. The van der Waals surface area contributed by atoms with Crippen LogP contribution < -0.4 is 4.57 Å². The smallest absolute Gasteiger partial charge is 0.234 e. The predicted octanol–water partition coefficient (Wildman–Crippen LogP) is 5.11. The molecule has 0 aliphatic heterocycles. The Bertz CT molecular complexity index is 365. The molecule has 0 unspecified atom stereocenters. The molecule has 114 valence electrons. The van der Waals surface area contributed by atoms with Crippen LogP contribution in [0.15, 0.2) is 19.0 Å². The van der Waals surface area contributed by atoms with Crippen molar-refractivity contribution in [2.75, 3.05) is 0 Å². The number of hydrogen-bond donors (Lipinski definition) is 0. The Labute approximate surface area is 125 Å². The molecule has 0 saturated heterocycles. The van der Waals surface area contributed by atoms with Gasteiger partial charge in [0.1, 0.15) is 12.4 Å². The summed E-state index contributed by atoms with van der Waals surface area (Å²) in [5, 5.41) is 0. The van der Waals surface area contributed by atoms with E-state index in [1.165, 1.54) is 70.0 Å². The lowest BCUT2D eigenvalue weighted by Crippen LogP contribution is -2.35. The van der Waals surface area contributed by atoms with Gasteiger partial charge in [-0.3, -0.25) is 0 Å². The highest BCUT2D eigenvalue weighted by Gasteiger charge is 2.08. The number of nitrogens with zero attached hydrogens (tertiary/aromatic N) is 2. The van der Waals surface area contributed by atoms with Crippen molar-refractivity contribution in [3.63, 3.8) is 0 Å². The van der Waals surface area contributed by atoms with Crippen molar-refractivity contribution >= 4 is 6.20 Å². The molecule has 0 atom stereocenters. The van der Waals surface area contributed by atoms with Crippen LogP contribution in [-0.4, -0.2) is 4.57 Å². The van der Waals surface area contributed by atoms with E-state index in [0.717, 1.165) is 6.54 Å². The van der Waals surface area contributed by atoms with Crippen LogP contribution in [0.2, 0.25) is 0 Å². The van der Waals surface area contributed by atoms with E-state index >= 15 is 0 Å². The molecule has 0 fully saturated rings. The summed E-state index contributed by atoms with van der Waals surface area (Å²) >= 11 is 0. The van der Waals surface area contributed by atoms with E-state index in [9.17, 15) is 0 Å². The summed E-state index contributed by atoms with van der Waals surface area (Å²) in [5.41, 5.74) is 0. The van der Waals surface area contributed by atoms with Gasteiger partial charge in [0.15, 0.2) is 0 Å². The fraction of sp³-hybridized carbons (Fsp3) is 0.722. The third kappa shape index (κ3) is 6.40. The van der Waals surface area contributed by atoms with Crippen molar-refractivity contribution < 1.29 is 4.57 Å². The Morgan fingerprint density at radius 2 is 1.55 bits per heavy atom. The number of rotatable bonds is 12. The summed E-state index contributed by atoms with van der Waals surface area (Å²) in [6, 6.07) is 0. The molecule has 0 aliphatic carbocycles. The highest BCUT2D eigenvalue weighted by Crippen LogP contribution is 2.10. The van der Waals surface area contributed by atoms with Crippen molar-refractivity contribution in [2.24, 2.45) is 0 Å². The fourth-order valence-corrected chi connectivity index (χ4v) is 2.72. The van der Waals surface area contributed by atoms with Gasteiger partial charge in [-0.2, -0.15) is 0 Å². The molecule has 20 heavy (non-hydrogen) atoms. The molecular weight excluding hydrogens is 244 g/mol. The van der Waals surface area contributed by atoms with Crippen LogP contribution in [-0.2, 0) is 6.54 Å². The summed E-state index contributed by atoms with van der Waals surface area (Å²) in [4.78, 5) is 0. The van der Waals surface area contributed by atoms with Gasteiger partial charge in [-0.25, -0.2) is 9.13 Å². The first-order valence-electron chi connectivity index (χ1n) is 8.49. The summed E-state index contributed by atoms with van der Waals surface area (Å²) < 4.78 is 4.41. The molecule has 1 heterocycles. The van der Waals surface area contributed by atoms with Crippen LogP contribution in [0.5, 0.6) is 0 Å². The summed E-state index contributed by atoms with van der Waals surface area (Å²) in [6.07, 6.45) is 20.1. The van der Waals surface area contributed by atoms with Crippen LogP contribution in [0, 0.1) is 6.92 Å². The van der Waals surface area contributed by atoms with Gasteiger partial charge in [-0.1, -0.05) is 64.9 Å². The average Bonchev–Trinajstić information content (AvgIpc) is 2.81. The first kappa shape index (κ1) is 17.0. The highest BCUT2D eigenvalue weighted by molar-refractivity contribution is 5.16. The molecule has 0 spiro atoms. The SMILES string of the molecule is C=Cn1cc[n+](CCCCCCCCCCCC)c1C. The highest BCUT2D eigenvalue weighted by atomic mass is 15.1. The first-order chi connectivity index (χ1) is 9.79. The van der Waals surface area contributed by atoms with Crippen LogP contribution in [0.1, 0.15) is 77.0 Å². The second-order valence-corrected chi connectivity index (χ2v) is 5.81. The van der Waals surface area contributed by atoms with Crippen molar-refractivity contribution in [1.29, 1.82) is 0 Å². The maximum atomic E-state index is 3.81. The lowest BCUT2D eigenvalue weighted by molar-refractivity contribution is -0.702. The van der Waals surface area contributed by atoms with Crippen LogP contribution in [0.4, 0.5) is 0 Å². The summed E-state index contributed by atoms with van der Waals surface area (Å²) in [7, 11) is 0. The van der Waals surface area contributed by atoms with Gasteiger partial charge in [-0.05, 0) is 12.8 Å². The van der Waals surface area contributed by atoms with E-state index in [1.807, 2.05) is 6.20 Å². The van der Waals surface area contributed by atoms with Gasteiger partial charge in [0.25, 0.3) is 5.82 Å². The van der Waals surface area contributed by atoms with Gasteiger partial charge >= 0.3 is 0 Å². The third-order valence-corrected chi connectivity index (χ3v) is 4.15. The Kier molecular flexibility index (Phi) is 9.10. The van der Waals surface area contributed by atoms with E-state index in [4.69, 9.17) is 0 Å². The first-order valence-corrected chi connectivity index (χ1v) is 8.49. The number of hydrogen-bond acceptors (Lipinski definition) is 0. The fourth-order valence-electron chi connectivity index (χ4n) is 2.72. The van der Waals surface area contributed by atoms with E-state index < -0.39 is 0 Å². The van der Waals surface area contributed by atoms with E-state index in [-0.39, 0.29) is 0 Å². The Morgan fingerprint density at radius 3 is 2.05 bits per heavy atom. The molecule has 0 aliphatic rings. The van der Waals surface area contributed by atoms with Crippen molar-refractivity contribution in [3.05, 3.63) is 24.8 Å². The number of aryl methyl sites for hydroxylation is 1. The minimum atomic E-state index is 1.14. The van der Waals surface area contributed by atoms with Crippen LogP contribution in [0.3, 0.4) is 0 Å². The van der Waals surface area contributed by atoms with Gasteiger partial charge in [0.05, 0.1) is 12.7 Å². The molecule has 0 bridgehead atoms. The summed E-state index contributed by atoms with van der Waals surface area (Å²) in [5.74, 6) is 1.27. The predicted molar refractivity (Wildman–Crippen MR) is 87.6 cm³/mol. The topological polar surface area (TPSA) is 8.81 Å². The second-order valence-electron chi connectivity index (χ2n) is 5.81. The lowest BCUT2D eigenvalue weighted by atomic mass is 10.1. The average molecular weight is 277 g/mol. The normalized spacial score (nSPS) is 10.9. The quantitative estimate of drug-likeness (QED) is 0.371. The zero-order chi connectivity index (χ0) is 14.6. The van der Waals surface area contributed by atoms with Crippen molar-refractivity contribution in [3.8, 4) is 0 Å². The molecule has 0 N–H and O–H groups in total. The van der Waals surface area contributed by atoms with Crippen LogP contribution >= 0.6 is 0 Å². The standard InChI is InChI=1S/C18H33N2/c1-4-6-7-8-9-10-11-12-13-14-15-20-17-16-19(5-2)18(20)3/h5,16-17H,2,4,6-15H2,1,3H3/q+1. The molecule has 0 saturated carbocycles. The molecular formula is C18H33N2+. The number of aromatic nitrogens is 2. The number of unbranched alkanes of at least 4 members (excludes halogenated alkanes) is 9. The van der Waals surface area contributed by atoms with E-state index in [1.54, 1.807) is 0 Å². The molecule has 0 radical (unpaired) electrons. The Balaban J connectivity index is 1.97. The van der Waals surface area contributed by atoms with Gasteiger partial charge in [0, 0.05) is 6.92 Å². The Hall–Kier alpha value is -1.05. The molecule has 1 aromatic heterocycles. The van der Waals surface area contributed by atoms with Crippen molar-refractivity contribution in [2.45, 2.75) is 84.6 Å². The van der Waals surface area contributed by atoms with E-state index in [0.29, 0.717) is 0 Å². The lowest BCUT2D eigenvalue weighted by Gasteiger charge is -2.02. The van der Waals surface area contributed by atoms with Gasteiger partial charge in [-0.15, -0.1) is 0 Å². The molecule has 0 aromatic carbocycles. The maximum Gasteiger partial charge on any atom is 0.257 e. The number of imidazole rings is 1. The largest absolute Gasteiger partial charge is 0.257 e. The molecule has 2 heteroatoms. The van der Waals surface area contributed by atoms with Crippen molar-refractivity contribution in [1.82, 2.24) is 4.57 Å². The molecule has 1 rings (SSSR count). The molecule has 2 nitrogen and oxygen atoms in total.